The number of rotatable bonds is 3. The van der Waals surface area contributed by atoms with Gasteiger partial charge in [-0.05, 0) is 61.2 Å². The van der Waals surface area contributed by atoms with Crippen molar-refractivity contribution >= 4 is 11.9 Å². The van der Waals surface area contributed by atoms with E-state index in [2.05, 4.69) is 32.1 Å². The molecule has 0 aromatic carbocycles. The monoisotopic (exact) mass is 316 g/mol. The first-order chi connectivity index (χ1) is 10.7. The number of hydrogen-bond acceptors (Lipinski definition) is 3. The van der Waals surface area contributed by atoms with Crippen molar-refractivity contribution in [2.75, 3.05) is 0 Å². The first kappa shape index (κ1) is 16.5. The van der Waals surface area contributed by atoms with E-state index < -0.39 is 11.9 Å². The zero-order valence-corrected chi connectivity index (χ0v) is 14.6. The van der Waals surface area contributed by atoms with Crippen LogP contribution in [0.25, 0.3) is 0 Å². The summed E-state index contributed by atoms with van der Waals surface area (Å²) in [6, 6.07) is 0. The molecular weight excluding hydrogens is 288 g/mol. The highest BCUT2D eigenvalue weighted by Crippen LogP contribution is 2.61. The normalized spacial score (nSPS) is 36.5. The average Bonchev–Trinajstić information content (AvgIpc) is 2.75. The molecule has 3 rings (SSSR count). The molecule has 0 bridgehead atoms. The summed E-state index contributed by atoms with van der Waals surface area (Å²) in [5.74, 6) is 0.174. The lowest BCUT2D eigenvalue weighted by Gasteiger charge is -2.58. The fraction of sp³-hybridized carbons (Fsp3) is 0.700. The molecule has 0 aromatic heterocycles. The predicted octanol–water partition coefficient (Wildman–Crippen LogP) is 4.58. The molecule has 0 aromatic rings. The van der Waals surface area contributed by atoms with Gasteiger partial charge in [0.25, 0.3) is 0 Å². The number of ether oxygens (including phenoxy) is 1. The van der Waals surface area contributed by atoms with Gasteiger partial charge in [-0.15, -0.1) is 0 Å². The molecule has 2 aliphatic carbocycles. The van der Waals surface area contributed by atoms with Crippen LogP contribution in [-0.2, 0) is 14.3 Å². The van der Waals surface area contributed by atoms with Gasteiger partial charge in [0, 0.05) is 11.6 Å². The van der Waals surface area contributed by atoms with Crippen molar-refractivity contribution in [2.24, 2.45) is 22.7 Å². The maximum atomic E-state index is 11.7. The number of fused-ring (bicyclic) bond motifs is 1. The SMILES string of the molecule is C=C1CC[C@H]2C(C)(C)CCC[C@]2(C)[C@H]1CCC1=CC(=O)OC1=O. The van der Waals surface area contributed by atoms with E-state index >= 15 is 0 Å². The Morgan fingerprint density at radius 2 is 2.00 bits per heavy atom. The van der Waals surface area contributed by atoms with E-state index in [1.807, 2.05) is 0 Å². The summed E-state index contributed by atoms with van der Waals surface area (Å²) in [5.41, 5.74) is 2.51. The quantitative estimate of drug-likeness (QED) is 0.435. The third-order valence-electron chi connectivity index (χ3n) is 6.77. The number of carbonyl (C=O) groups is 2. The van der Waals surface area contributed by atoms with Gasteiger partial charge in [0.2, 0.25) is 0 Å². The van der Waals surface area contributed by atoms with Crippen LogP contribution in [0.3, 0.4) is 0 Å². The Morgan fingerprint density at radius 3 is 2.65 bits per heavy atom. The van der Waals surface area contributed by atoms with E-state index in [1.165, 1.54) is 37.3 Å². The second-order valence-corrected chi connectivity index (χ2v) is 8.57. The van der Waals surface area contributed by atoms with Crippen LogP contribution in [0.4, 0.5) is 0 Å². The number of carbonyl (C=O) groups excluding carboxylic acids is 2. The number of esters is 2. The molecule has 1 aliphatic heterocycles. The topological polar surface area (TPSA) is 43.4 Å². The van der Waals surface area contributed by atoms with E-state index in [9.17, 15) is 9.59 Å². The number of cyclic esters (lactones) is 2. The van der Waals surface area contributed by atoms with Gasteiger partial charge in [-0.25, -0.2) is 9.59 Å². The fourth-order valence-corrected chi connectivity index (χ4v) is 5.67. The lowest BCUT2D eigenvalue weighted by atomic mass is 9.47. The molecule has 23 heavy (non-hydrogen) atoms. The van der Waals surface area contributed by atoms with Crippen molar-refractivity contribution in [1.82, 2.24) is 0 Å². The van der Waals surface area contributed by atoms with Gasteiger partial charge in [0.05, 0.1) is 0 Å². The summed E-state index contributed by atoms with van der Waals surface area (Å²) < 4.78 is 4.61. The summed E-state index contributed by atoms with van der Waals surface area (Å²) in [5, 5.41) is 0. The van der Waals surface area contributed by atoms with Crippen LogP contribution in [0.15, 0.2) is 23.8 Å². The highest BCUT2D eigenvalue weighted by molar-refractivity contribution is 6.08. The van der Waals surface area contributed by atoms with Gasteiger partial charge in [0.15, 0.2) is 0 Å². The highest BCUT2D eigenvalue weighted by atomic mass is 16.6. The van der Waals surface area contributed by atoms with Gasteiger partial charge in [-0.1, -0.05) is 39.3 Å². The molecule has 1 heterocycles. The van der Waals surface area contributed by atoms with Crippen molar-refractivity contribution in [3.63, 3.8) is 0 Å². The van der Waals surface area contributed by atoms with Crippen molar-refractivity contribution in [3.05, 3.63) is 23.8 Å². The predicted molar refractivity (Wildman–Crippen MR) is 89.5 cm³/mol. The van der Waals surface area contributed by atoms with Gasteiger partial charge in [-0.2, -0.15) is 0 Å². The van der Waals surface area contributed by atoms with E-state index in [0.717, 1.165) is 12.8 Å². The lowest BCUT2D eigenvalue weighted by molar-refractivity contribution is -0.150. The lowest BCUT2D eigenvalue weighted by Crippen LogP contribution is -2.49. The number of hydrogen-bond donors (Lipinski definition) is 0. The second-order valence-electron chi connectivity index (χ2n) is 8.57. The first-order valence-electron chi connectivity index (χ1n) is 8.88. The van der Waals surface area contributed by atoms with Crippen LogP contribution in [0.5, 0.6) is 0 Å². The van der Waals surface area contributed by atoms with E-state index in [-0.39, 0.29) is 5.41 Å². The van der Waals surface area contributed by atoms with Crippen LogP contribution in [0.1, 0.15) is 65.7 Å². The van der Waals surface area contributed by atoms with Gasteiger partial charge < -0.3 is 4.74 Å². The molecule has 3 heteroatoms. The Kier molecular flexibility index (Phi) is 4.02. The minimum absolute atomic E-state index is 0.268. The Labute approximate surface area is 139 Å². The van der Waals surface area contributed by atoms with E-state index in [1.54, 1.807) is 0 Å². The van der Waals surface area contributed by atoms with Crippen molar-refractivity contribution in [3.8, 4) is 0 Å². The first-order valence-corrected chi connectivity index (χ1v) is 8.88. The zero-order valence-electron chi connectivity index (χ0n) is 14.6. The van der Waals surface area contributed by atoms with Gasteiger partial charge in [-0.3, -0.25) is 0 Å². The molecule has 0 N–H and O–H groups in total. The Balaban J connectivity index is 1.79. The highest BCUT2D eigenvalue weighted by Gasteiger charge is 2.52. The van der Waals surface area contributed by atoms with Gasteiger partial charge in [0.1, 0.15) is 0 Å². The molecule has 3 aliphatic rings. The average molecular weight is 316 g/mol. The summed E-state index contributed by atoms with van der Waals surface area (Å²) in [7, 11) is 0. The molecule has 3 nitrogen and oxygen atoms in total. The molecule has 0 amide bonds. The summed E-state index contributed by atoms with van der Waals surface area (Å²) in [4.78, 5) is 22.9. The van der Waals surface area contributed by atoms with Crippen LogP contribution >= 0.6 is 0 Å². The standard InChI is InChI=1S/C20H28O3/c1-13-6-9-16-19(2,3)10-5-11-20(16,4)15(13)8-7-14-12-17(21)23-18(14)22/h12,15-16H,1,5-11H2,2-4H3/t15-,16-,20+/m0/s1. The number of allylic oxidation sites excluding steroid dienone is 1. The molecule has 0 radical (unpaired) electrons. The van der Waals surface area contributed by atoms with Crippen molar-refractivity contribution in [1.29, 1.82) is 0 Å². The fourth-order valence-electron chi connectivity index (χ4n) is 5.67. The Hall–Kier alpha value is -1.38. The van der Waals surface area contributed by atoms with E-state index in [0.29, 0.717) is 29.2 Å². The molecule has 3 atom stereocenters. The smallest absolute Gasteiger partial charge is 0.342 e. The largest absolute Gasteiger partial charge is 0.386 e. The van der Waals surface area contributed by atoms with Crippen LogP contribution in [-0.4, -0.2) is 11.9 Å². The Bertz CT molecular complexity index is 584. The molecule has 0 saturated heterocycles. The van der Waals surface area contributed by atoms with Crippen LogP contribution in [0, 0.1) is 22.7 Å². The molecule has 2 fully saturated rings. The van der Waals surface area contributed by atoms with Crippen molar-refractivity contribution < 1.29 is 14.3 Å². The minimum atomic E-state index is -0.518. The molecular formula is C20H28O3. The zero-order chi connectivity index (χ0) is 16.8. The maximum Gasteiger partial charge on any atom is 0.342 e. The maximum absolute atomic E-state index is 11.7. The molecule has 126 valence electrons. The third-order valence-corrected chi connectivity index (χ3v) is 6.77. The van der Waals surface area contributed by atoms with Crippen molar-refractivity contribution in [2.45, 2.75) is 65.7 Å². The molecule has 2 saturated carbocycles. The van der Waals surface area contributed by atoms with E-state index in [4.69, 9.17) is 0 Å². The minimum Gasteiger partial charge on any atom is -0.386 e. The van der Waals surface area contributed by atoms with Crippen LogP contribution < -0.4 is 0 Å². The summed E-state index contributed by atoms with van der Waals surface area (Å²) in [6.07, 6.45) is 9.03. The second kappa shape index (κ2) is 5.61. The molecule has 0 spiro atoms. The summed E-state index contributed by atoms with van der Waals surface area (Å²) in [6.45, 7) is 11.6. The Morgan fingerprint density at radius 1 is 1.26 bits per heavy atom. The molecule has 0 unspecified atom stereocenters. The van der Waals surface area contributed by atoms with Crippen LogP contribution in [0.2, 0.25) is 0 Å². The summed E-state index contributed by atoms with van der Waals surface area (Å²) >= 11 is 0. The van der Waals surface area contributed by atoms with Gasteiger partial charge >= 0.3 is 11.9 Å². The third kappa shape index (κ3) is 2.79.